The van der Waals surface area contributed by atoms with Crippen LogP contribution in [0.2, 0.25) is 0 Å². The molecule has 1 N–H and O–H groups in total. The van der Waals surface area contributed by atoms with E-state index in [1.807, 2.05) is 0 Å². The molecule has 0 aliphatic rings. The first kappa shape index (κ1) is 13.5. The minimum atomic E-state index is -0.528. The van der Waals surface area contributed by atoms with Crippen molar-refractivity contribution in [3.8, 4) is 0 Å². The number of ketones is 1. The third-order valence-electron chi connectivity index (χ3n) is 2.00. The van der Waals surface area contributed by atoms with E-state index in [0.29, 0.717) is 5.69 Å². The van der Waals surface area contributed by atoms with Crippen LogP contribution in [-0.4, -0.2) is 15.8 Å². The summed E-state index contributed by atoms with van der Waals surface area (Å²) in [5.74, 6) is -0.645. The number of Topliss-reactive ketones (excluding diaryl/α,β-unsaturated/α-hetero) is 1. The number of aliphatic hydroxyl groups is 1. The van der Waals surface area contributed by atoms with E-state index in [1.165, 1.54) is 38.1 Å². The Balaban J connectivity index is 2.94. The summed E-state index contributed by atoms with van der Waals surface area (Å²) in [6.45, 7) is 2.58. The molecule has 0 atom stereocenters. The zero-order chi connectivity index (χ0) is 13.7. The molecule has 18 heavy (non-hydrogen) atoms. The Hall–Kier alpha value is -2.57. The fraction of sp³-hybridized carbons (Fsp3) is 0.182. The maximum Gasteiger partial charge on any atom is 0.269 e. The SMILES string of the molecule is CC(=O)C(N=Nc1ccc([N+](=O)[O-])cc1)=C(C)O. The molecule has 7 heteroatoms. The van der Waals surface area contributed by atoms with Crippen LogP contribution in [0.3, 0.4) is 0 Å². The van der Waals surface area contributed by atoms with Gasteiger partial charge in [0.1, 0.15) is 5.76 Å². The molecule has 0 heterocycles. The smallest absolute Gasteiger partial charge is 0.269 e. The Morgan fingerprint density at radius 3 is 2.22 bits per heavy atom. The van der Waals surface area contributed by atoms with Crippen molar-refractivity contribution in [3.05, 3.63) is 45.8 Å². The molecule has 0 aliphatic heterocycles. The molecule has 94 valence electrons. The number of nitro groups is 1. The summed E-state index contributed by atoms with van der Waals surface area (Å²) in [4.78, 5) is 21.0. The molecule has 0 saturated carbocycles. The van der Waals surface area contributed by atoms with Crippen molar-refractivity contribution in [3.63, 3.8) is 0 Å². The van der Waals surface area contributed by atoms with Gasteiger partial charge in [0.15, 0.2) is 11.5 Å². The van der Waals surface area contributed by atoms with Gasteiger partial charge in [-0.25, -0.2) is 0 Å². The Kier molecular flexibility index (Phi) is 4.25. The second-order valence-electron chi connectivity index (χ2n) is 3.46. The summed E-state index contributed by atoms with van der Waals surface area (Å²) < 4.78 is 0. The van der Waals surface area contributed by atoms with Crippen LogP contribution in [0.1, 0.15) is 13.8 Å². The number of allylic oxidation sites excluding steroid dienone is 2. The van der Waals surface area contributed by atoms with Gasteiger partial charge in [-0.3, -0.25) is 14.9 Å². The van der Waals surface area contributed by atoms with Gasteiger partial charge in [0, 0.05) is 19.1 Å². The van der Waals surface area contributed by atoms with Crippen LogP contribution in [0, 0.1) is 10.1 Å². The molecule has 0 aliphatic carbocycles. The third-order valence-corrected chi connectivity index (χ3v) is 2.00. The van der Waals surface area contributed by atoms with Gasteiger partial charge in [-0.1, -0.05) is 0 Å². The number of rotatable bonds is 4. The minimum Gasteiger partial charge on any atom is -0.510 e. The van der Waals surface area contributed by atoms with Crippen LogP contribution in [0.15, 0.2) is 46.0 Å². The summed E-state index contributed by atoms with van der Waals surface area (Å²) in [7, 11) is 0. The lowest BCUT2D eigenvalue weighted by Crippen LogP contribution is -1.96. The van der Waals surface area contributed by atoms with Gasteiger partial charge < -0.3 is 5.11 Å². The molecule has 0 saturated heterocycles. The molecule has 0 amide bonds. The summed E-state index contributed by atoms with van der Waals surface area (Å²) in [5.41, 5.74) is 0.142. The second-order valence-corrected chi connectivity index (χ2v) is 3.46. The highest BCUT2D eigenvalue weighted by atomic mass is 16.6. The number of hydrogen-bond acceptors (Lipinski definition) is 6. The predicted octanol–water partition coefficient (Wildman–Crippen LogP) is 3.06. The fourth-order valence-corrected chi connectivity index (χ4v) is 1.15. The van der Waals surface area contributed by atoms with Crippen molar-refractivity contribution in [1.29, 1.82) is 0 Å². The van der Waals surface area contributed by atoms with E-state index in [1.54, 1.807) is 0 Å². The Labute approximate surface area is 103 Å². The normalized spacial score (nSPS) is 12.3. The number of carbonyl (C=O) groups excluding carboxylic acids is 1. The quantitative estimate of drug-likeness (QED) is 0.291. The second kappa shape index (κ2) is 5.67. The molecular weight excluding hydrogens is 238 g/mol. The van der Waals surface area contributed by atoms with Gasteiger partial charge in [0.25, 0.3) is 5.69 Å². The van der Waals surface area contributed by atoms with E-state index in [4.69, 9.17) is 0 Å². The van der Waals surface area contributed by atoms with Crippen molar-refractivity contribution < 1.29 is 14.8 Å². The Morgan fingerprint density at radius 1 is 1.28 bits per heavy atom. The molecule has 1 aromatic rings. The van der Waals surface area contributed by atoms with Crippen LogP contribution in [-0.2, 0) is 4.79 Å². The number of aliphatic hydroxyl groups excluding tert-OH is 1. The zero-order valence-corrected chi connectivity index (χ0v) is 9.82. The van der Waals surface area contributed by atoms with Gasteiger partial charge in [0.05, 0.1) is 10.6 Å². The van der Waals surface area contributed by atoms with Gasteiger partial charge in [-0.2, -0.15) is 5.11 Å². The number of azo groups is 1. The average Bonchev–Trinajstić information content (AvgIpc) is 2.28. The number of nitrogens with zero attached hydrogens (tertiary/aromatic N) is 3. The van der Waals surface area contributed by atoms with Crippen molar-refractivity contribution in [2.24, 2.45) is 10.2 Å². The maximum absolute atomic E-state index is 11.1. The Morgan fingerprint density at radius 2 is 1.83 bits per heavy atom. The van der Waals surface area contributed by atoms with Crippen LogP contribution >= 0.6 is 0 Å². The number of non-ortho nitro benzene ring substituents is 1. The van der Waals surface area contributed by atoms with Crippen LogP contribution < -0.4 is 0 Å². The van der Waals surface area contributed by atoms with E-state index in [0.717, 1.165) is 0 Å². The van der Waals surface area contributed by atoms with Gasteiger partial charge in [-0.15, -0.1) is 5.11 Å². The molecule has 7 nitrogen and oxygen atoms in total. The highest BCUT2D eigenvalue weighted by Gasteiger charge is 2.07. The van der Waals surface area contributed by atoms with Gasteiger partial charge in [-0.05, 0) is 19.1 Å². The first-order valence-electron chi connectivity index (χ1n) is 4.99. The van der Waals surface area contributed by atoms with Gasteiger partial charge in [0.2, 0.25) is 0 Å². The fourth-order valence-electron chi connectivity index (χ4n) is 1.15. The minimum absolute atomic E-state index is 0.0605. The topological polar surface area (TPSA) is 105 Å². The molecule has 0 fully saturated rings. The molecular formula is C11H11N3O4. The predicted molar refractivity (Wildman–Crippen MR) is 63.6 cm³/mol. The first-order chi connectivity index (χ1) is 8.41. The number of nitro benzene ring substituents is 1. The van der Waals surface area contributed by atoms with E-state index in [2.05, 4.69) is 10.2 Å². The Bertz CT molecular complexity index is 528. The highest BCUT2D eigenvalue weighted by Crippen LogP contribution is 2.19. The lowest BCUT2D eigenvalue weighted by atomic mass is 10.3. The van der Waals surface area contributed by atoms with Gasteiger partial charge >= 0.3 is 0 Å². The maximum atomic E-state index is 11.1. The van der Waals surface area contributed by atoms with Crippen LogP contribution in [0.25, 0.3) is 0 Å². The zero-order valence-electron chi connectivity index (χ0n) is 9.82. The summed E-state index contributed by atoms with van der Waals surface area (Å²) in [5, 5.41) is 26.9. The largest absolute Gasteiger partial charge is 0.510 e. The lowest BCUT2D eigenvalue weighted by Gasteiger charge is -1.96. The van der Waals surface area contributed by atoms with Crippen molar-refractivity contribution in [1.82, 2.24) is 0 Å². The average molecular weight is 249 g/mol. The van der Waals surface area contributed by atoms with E-state index >= 15 is 0 Å². The monoisotopic (exact) mass is 249 g/mol. The van der Waals surface area contributed by atoms with E-state index in [-0.39, 0.29) is 17.1 Å². The molecule has 1 aromatic carbocycles. The standard InChI is InChI=1S/C11H11N3O4/c1-7(15)11(8(2)16)13-12-9-3-5-10(6-4-9)14(17)18/h3-6,15H,1-2H3. The molecule has 0 unspecified atom stereocenters. The molecule has 0 bridgehead atoms. The molecule has 0 aromatic heterocycles. The summed E-state index contributed by atoms with van der Waals surface area (Å²) >= 11 is 0. The van der Waals surface area contributed by atoms with Crippen LogP contribution in [0.5, 0.6) is 0 Å². The van der Waals surface area contributed by atoms with Crippen LogP contribution in [0.4, 0.5) is 11.4 Å². The number of benzene rings is 1. The summed E-state index contributed by atoms with van der Waals surface area (Å²) in [6, 6.07) is 5.34. The summed E-state index contributed by atoms with van der Waals surface area (Å²) in [6.07, 6.45) is 0. The van der Waals surface area contributed by atoms with E-state index < -0.39 is 10.7 Å². The molecule has 0 radical (unpaired) electrons. The number of hydrogen-bond donors (Lipinski definition) is 1. The third kappa shape index (κ3) is 3.48. The number of carbonyl (C=O) groups is 1. The highest BCUT2D eigenvalue weighted by molar-refractivity contribution is 5.93. The lowest BCUT2D eigenvalue weighted by molar-refractivity contribution is -0.384. The van der Waals surface area contributed by atoms with Crippen molar-refractivity contribution in [2.75, 3.05) is 0 Å². The van der Waals surface area contributed by atoms with E-state index in [9.17, 15) is 20.0 Å². The van der Waals surface area contributed by atoms with Crippen molar-refractivity contribution in [2.45, 2.75) is 13.8 Å². The molecule has 0 spiro atoms. The first-order valence-corrected chi connectivity index (χ1v) is 4.99. The van der Waals surface area contributed by atoms with Crippen molar-refractivity contribution >= 4 is 17.2 Å². The molecule has 1 rings (SSSR count).